The summed E-state index contributed by atoms with van der Waals surface area (Å²) in [5, 5.41) is 34.1. The van der Waals surface area contributed by atoms with Crippen LogP contribution in [0.5, 0.6) is 0 Å². The first-order valence-electron chi connectivity index (χ1n) is 10.9. The van der Waals surface area contributed by atoms with E-state index in [4.69, 9.17) is 16.6 Å². The molecule has 0 aromatic carbocycles. The Balaban J connectivity index is 2.98. The predicted molar refractivity (Wildman–Crippen MR) is 121 cm³/mol. The van der Waals surface area contributed by atoms with Crippen LogP contribution in [-0.4, -0.2) is 91.6 Å². The van der Waals surface area contributed by atoms with Gasteiger partial charge in [-0.3, -0.25) is 24.0 Å². The highest BCUT2D eigenvalue weighted by Gasteiger charge is 2.32. The molecule has 0 saturated heterocycles. The van der Waals surface area contributed by atoms with Crippen molar-refractivity contribution in [1.82, 2.24) is 25.9 Å². The number of carbonyl (C=O) groups excluding carboxylic acids is 3. The zero-order valence-corrected chi connectivity index (χ0v) is 19.3. The maximum atomic E-state index is 12.9. The molecule has 0 fully saturated rings. The second kappa shape index (κ2) is 15.0. The van der Waals surface area contributed by atoms with E-state index >= 15 is 0 Å². The number of aliphatic carboxylic acids is 3. The average Bonchev–Trinajstić information content (AvgIpc) is 3.29. The Bertz CT molecular complexity index is 923. The number of imidazole rings is 1. The van der Waals surface area contributed by atoms with Crippen molar-refractivity contribution in [3.05, 3.63) is 18.2 Å². The summed E-state index contributed by atoms with van der Waals surface area (Å²) in [5.41, 5.74) is 11.4. The van der Waals surface area contributed by atoms with Crippen LogP contribution in [-0.2, 0) is 35.2 Å². The number of carbonyl (C=O) groups is 6. The molecule has 11 N–H and O–H groups in total. The number of aromatic nitrogens is 2. The maximum Gasteiger partial charge on any atom is 0.326 e. The van der Waals surface area contributed by atoms with Gasteiger partial charge in [0.05, 0.1) is 25.2 Å². The van der Waals surface area contributed by atoms with Crippen LogP contribution in [0.1, 0.15) is 37.8 Å². The minimum absolute atomic E-state index is 0.0353. The number of nitrogens with zero attached hydrogens (tertiary/aromatic N) is 1. The fourth-order valence-electron chi connectivity index (χ4n) is 3.07. The van der Waals surface area contributed by atoms with Crippen molar-refractivity contribution in [2.24, 2.45) is 11.5 Å². The van der Waals surface area contributed by atoms with Crippen molar-refractivity contribution in [2.75, 3.05) is 6.54 Å². The second-order valence-corrected chi connectivity index (χ2v) is 7.89. The summed E-state index contributed by atoms with van der Waals surface area (Å²) in [6, 6.07) is -5.88. The third-order valence-corrected chi connectivity index (χ3v) is 4.92. The third kappa shape index (κ3) is 10.9. The first-order valence-corrected chi connectivity index (χ1v) is 10.9. The lowest BCUT2D eigenvalue weighted by Gasteiger charge is -2.24. The predicted octanol–water partition coefficient (Wildman–Crippen LogP) is -3.10. The van der Waals surface area contributed by atoms with Gasteiger partial charge in [0.25, 0.3) is 0 Å². The lowest BCUT2D eigenvalue weighted by Crippen LogP contribution is -2.57. The number of rotatable bonds is 17. The summed E-state index contributed by atoms with van der Waals surface area (Å²) in [5.74, 6) is -7.14. The molecular formula is C20H31N7O9. The average molecular weight is 514 g/mol. The van der Waals surface area contributed by atoms with Crippen LogP contribution in [0.25, 0.3) is 0 Å². The van der Waals surface area contributed by atoms with Crippen LogP contribution in [0.4, 0.5) is 0 Å². The minimum atomic E-state index is -1.68. The van der Waals surface area contributed by atoms with E-state index in [0.29, 0.717) is 18.5 Å². The molecular weight excluding hydrogens is 482 g/mol. The highest BCUT2D eigenvalue weighted by Crippen LogP contribution is 2.06. The van der Waals surface area contributed by atoms with Crippen molar-refractivity contribution < 1.29 is 44.1 Å². The first kappa shape index (κ1) is 30.0. The summed E-state index contributed by atoms with van der Waals surface area (Å²) in [4.78, 5) is 78.0. The molecule has 1 rings (SSSR count). The lowest BCUT2D eigenvalue weighted by molar-refractivity contribution is -0.143. The van der Waals surface area contributed by atoms with Crippen molar-refractivity contribution in [1.29, 1.82) is 0 Å². The van der Waals surface area contributed by atoms with E-state index in [-0.39, 0.29) is 19.4 Å². The molecule has 1 aromatic heterocycles. The van der Waals surface area contributed by atoms with E-state index < -0.39 is 72.6 Å². The van der Waals surface area contributed by atoms with E-state index in [1.165, 1.54) is 12.5 Å². The van der Waals surface area contributed by atoms with Gasteiger partial charge in [0.1, 0.15) is 18.1 Å². The molecule has 0 saturated carbocycles. The summed E-state index contributed by atoms with van der Waals surface area (Å²) in [6.45, 7) is 0.289. The van der Waals surface area contributed by atoms with Gasteiger partial charge in [0.15, 0.2) is 0 Å². The van der Waals surface area contributed by atoms with Crippen LogP contribution < -0.4 is 27.4 Å². The molecule has 16 heteroatoms. The Morgan fingerprint density at radius 1 is 0.861 bits per heavy atom. The van der Waals surface area contributed by atoms with Crippen molar-refractivity contribution in [2.45, 2.75) is 62.7 Å². The maximum absolute atomic E-state index is 12.9. The molecule has 0 spiro atoms. The Hall–Kier alpha value is -4.05. The Labute approximate surface area is 205 Å². The molecule has 0 aliphatic rings. The van der Waals surface area contributed by atoms with Gasteiger partial charge in [-0.1, -0.05) is 0 Å². The number of nitrogens with two attached hydrogens (primary N) is 2. The zero-order chi connectivity index (χ0) is 27.3. The molecule has 4 unspecified atom stereocenters. The summed E-state index contributed by atoms with van der Waals surface area (Å²) >= 11 is 0. The zero-order valence-electron chi connectivity index (χ0n) is 19.3. The monoisotopic (exact) mass is 513 g/mol. The van der Waals surface area contributed by atoms with E-state index in [1.54, 1.807) is 0 Å². The molecule has 0 aliphatic heterocycles. The van der Waals surface area contributed by atoms with E-state index in [9.17, 15) is 39.0 Å². The number of amides is 3. The van der Waals surface area contributed by atoms with Gasteiger partial charge in [0, 0.05) is 18.3 Å². The highest BCUT2D eigenvalue weighted by molar-refractivity contribution is 5.96. The standard InChI is InChI=1S/C20H31N7O9/c21-4-2-1-3-12(25-17(32)11(22)6-15(28)29)18(33)26-13(7-16(30)31)19(34)27-14(20(35)36)5-10-8-23-9-24-10/h8-9,11-14H,1-7,21-22H2,(H,23,24)(H,25,32)(H,26,33)(H,27,34)(H,28,29)(H,30,31)(H,35,36). The number of unbranched alkanes of at least 4 members (excludes halogenated alkanes) is 1. The third-order valence-electron chi connectivity index (χ3n) is 4.92. The second-order valence-electron chi connectivity index (χ2n) is 7.89. The molecule has 0 radical (unpaired) electrons. The Kier molecular flexibility index (Phi) is 12.5. The Morgan fingerprint density at radius 3 is 1.97 bits per heavy atom. The highest BCUT2D eigenvalue weighted by atomic mass is 16.4. The first-order chi connectivity index (χ1) is 16.9. The molecule has 1 heterocycles. The minimum Gasteiger partial charge on any atom is -0.481 e. The van der Waals surface area contributed by atoms with Gasteiger partial charge in [-0.15, -0.1) is 0 Å². The number of carboxylic acids is 3. The molecule has 0 aliphatic carbocycles. The van der Waals surface area contributed by atoms with Crippen LogP contribution in [0, 0.1) is 0 Å². The van der Waals surface area contributed by atoms with Crippen LogP contribution in [0.15, 0.2) is 12.5 Å². The van der Waals surface area contributed by atoms with E-state index in [1.807, 2.05) is 0 Å². The van der Waals surface area contributed by atoms with Crippen molar-refractivity contribution in [3.8, 4) is 0 Å². The fourth-order valence-corrected chi connectivity index (χ4v) is 3.07. The van der Waals surface area contributed by atoms with Crippen LogP contribution in [0.3, 0.4) is 0 Å². The van der Waals surface area contributed by atoms with E-state index in [0.717, 1.165) is 0 Å². The summed E-state index contributed by atoms with van der Waals surface area (Å²) in [7, 11) is 0. The molecule has 4 atom stereocenters. The van der Waals surface area contributed by atoms with Crippen molar-refractivity contribution in [3.63, 3.8) is 0 Å². The van der Waals surface area contributed by atoms with Gasteiger partial charge in [-0.2, -0.15) is 0 Å². The quantitative estimate of drug-likeness (QED) is 0.0936. The molecule has 36 heavy (non-hydrogen) atoms. The molecule has 0 bridgehead atoms. The van der Waals surface area contributed by atoms with Gasteiger partial charge in [-0.05, 0) is 25.8 Å². The SMILES string of the molecule is NCCCCC(NC(=O)C(N)CC(=O)O)C(=O)NC(CC(=O)O)C(=O)NC(Cc1cnc[nH]1)C(=O)O. The largest absolute Gasteiger partial charge is 0.481 e. The smallest absolute Gasteiger partial charge is 0.326 e. The summed E-state index contributed by atoms with van der Waals surface area (Å²) < 4.78 is 0. The van der Waals surface area contributed by atoms with E-state index in [2.05, 4.69) is 25.9 Å². The van der Waals surface area contributed by atoms with Gasteiger partial charge in [-0.25, -0.2) is 9.78 Å². The Morgan fingerprint density at radius 2 is 1.44 bits per heavy atom. The fraction of sp³-hybridized carbons (Fsp3) is 0.550. The van der Waals surface area contributed by atoms with Crippen LogP contribution >= 0.6 is 0 Å². The van der Waals surface area contributed by atoms with Gasteiger partial charge >= 0.3 is 17.9 Å². The topological polar surface area (TPSA) is 280 Å². The van der Waals surface area contributed by atoms with Crippen molar-refractivity contribution >= 4 is 35.6 Å². The number of hydrogen-bond acceptors (Lipinski definition) is 9. The molecule has 16 nitrogen and oxygen atoms in total. The number of nitrogens with one attached hydrogen (secondary N) is 4. The molecule has 1 aromatic rings. The lowest BCUT2D eigenvalue weighted by atomic mass is 10.1. The number of H-pyrrole nitrogens is 1. The van der Waals surface area contributed by atoms with Gasteiger partial charge < -0.3 is 47.7 Å². The molecule has 3 amide bonds. The normalized spacial score (nSPS) is 14.1. The number of carboxylic acid groups (broad SMARTS) is 3. The molecule has 200 valence electrons. The number of aromatic amines is 1. The van der Waals surface area contributed by atoms with Crippen LogP contribution in [0.2, 0.25) is 0 Å². The summed E-state index contributed by atoms with van der Waals surface area (Å²) in [6.07, 6.45) is 1.78. The number of hydrogen-bond donors (Lipinski definition) is 9. The van der Waals surface area contributed by atoms with Gasteiger partial charge in [0.2, 0.25) is 17.7 Å².